The highest BCUT2D eigenvalue weighted by Crippen LogP contribution is 2.15. The molecule has 0 aromatic heterocycles. The zero-order valence-electron chi connectivity index (χ0n) is 13.0. The van der Waals surface area contributed by atoms with E-state index in [-0.39, 0.29) is 16.8 Å². The Balaban J connectivity index is 2.04. The number of sulfonamides is 1. The van der Waals surface area contributed by atoms with Crippen LogP contribution in [0.5, 0.6) is 0 Å². The van der Waals surface area contributed by atoms with E-state index in [1.54, 1.807) is 41.3 Å². The molecule has 0 saturated carbocycles. The highest BCUT2D eigenvalue weighted by Gasteiger charge is 2.26. The molecule has 1 N–H and O–H groups in total. The smallest absolute Gasteiger partial charge is 0.246 e. The molecule has 0 spiro atoms. The predicted molar refractivity (Wildman–Crippen MR) is 85.8 cm³/mol. The Labute approximate surface area is 132 Å². The number of carbonyl (C=O) groups is 1. The molecule has 1 saturated heterocycles. The molecule has 1 aromatic carbocycles. The van der Waals surface area contributed by atoms with Gasteiger partial charge in [-0.05, 0) is 38.8 Å². The van der Waals surface area contributed by atoms with Gasteiger partial charge in [0.05, 0.1) is 4.90 Å². The zero-order valence-corrected chi connectivity index (χ0v) is 13.8. The van der Waals surface area contributed by atoms with Crippen molar-refractivity contribution in [2.45, 2.75) is 37.6 Å². The number of likely N-dealkylation sites (tertiary alicyclic amines) is 1. The molecule has 1 aliphatic heterocycles. The van der Waals surface area contributed by atoms with Gasteiger partial charge in [-0.15, -0.1) is 0 Å². The third-order valence-corrected chi connectivity index (χ3v) is 5.06. The second-order valence-electron chi connectivity index (χ2n) is 5.78. The molecule has 0 bridgehead atoms. The topological polar surface area (TPSA) is 66.5 Å². The number of piperidine rings is 1. The van der Waals surface area contributed by atoms with E-state index in [4.69, 9.17) is 0 Å². The molecule has 120 valence electrons. The summed E-state index contributed by atoms with van der Waals surface area (Å²) in [6.45, 7) is 4.83. The largest absolute Gasteiger partial charge is 0.338 e. The summed E-state index contributed by atoms with van der Waals surface area (Å²) in [7, 11) is -3.54. The van der Waals surface area contributed by atoms with Crippen LogP contribution in [-0.2, 0) is 14.8 Å². The standard InChI is InChI=1S/C16H22N2O3S/c1-13(2)11-16(19)18-10-6-7-14(12-18)17-22(20,21)15-8-4-3-5-9-15/h3-5,8-9,11,14,17H,6-7,10,12H2,1-2H3. The van der Waals surface area contributed by atoms with E-state index in [1.807, 2.05) is 13.8 Å². The van der Waals surface area contributed by atoms with Crippen molar-refractivity contribution >= 4 is 15.9 Å². The van der Waals surface area contributed by atoms with Gasteiger partial charge < -0.3 is 4.90 Å². The van der Waals surface area contributed by atoms with Crippen LogP contribution >= 0.6 is 0 Å². The third kappa shape index (κ3) is 4.42. The van der Waals surface area contributed by atoms with Crippen LogP contribution in [0, 0.1) is 0 Å². The van der Waals surface area contributed by atoms with Gasteiger partial charge in [0, 0.05) is 25.2 Å². The molecule has 1 fully saturated rings. The van der Waals surface area contributed by atoms with E-state index >= 15 is 0 Å². The van der Waals surface area contributed by atoms with E-state index in [0.29, 0.717) is 13.1 Å². The minimum Gasteiger partial charge on any atom is -0.338 e. The minimum atomic E-state index is -3.54. The van der Waals surface area contributed by atoms with Gasteiger partial charge in [0.2, 0.25) is 15.9 Å². The summed E-state index contributed by atoms with van der Waals surface area (Å²) in [6.07, 6.45) is 3.13. The molecule has 1 unspecified atom stereocenters. The molecule has 0 radical (unpaired) electrons. The first-order valence-electron chi connectivity index (χ1n) is 7.39. The van der Waals surface area contributed by atoms with Crippen molar-refractivity contribution in [3.63, 3.8) is 0 Å². The first-order chi connectivity index (χ1) is 10.4. The summed E-state index contributed by atoms with van der Waals surface area (Å²) >= 11 is 0. The van der Waals surface area contributed by atoms with E-state index in [1.165, 1.54) is 0 Å². The fourth-order valence-corrected chi connectivity index (χ4v) is 3.78. The summed E-state index contributed by atoms with van der Waals surface area (Å²) in [4.78, 5) is 14.0. The molecule has 0 aliphatic carbocycles. The molecule has 1 aliphatic rings. The molecule has 6 heteroatoms. The van der Waals surface area contributed by atoms with Crippen LogP contribution in [0.15, 0.2) is 46.9 Å². The summed E-state index contributed by atoms with van der Waals surface area (Å²) in [5, 5.41) is 0. The summed E-state index contributed by atoms with van der Waals surface area (Å²) in [5.41, 5.74) is 0.942. The SMILES string of the molecule is CC(C)=CC(=O)N1CCCC(NS(=O)(=O)c2ccccc2)C1. The molecular weight excluding hydrogens is 300 g/mol. The van der Waals surface area contributed by atoms with E-state index in [2.05, 4.69) is 4.72 Å². The Bertz CT molecular complexity index is 649. The molecule has 1 aromatic rings. The first kappa shape index (κ1) is 16.7. The van der Waals surface area contributed by atoms with Gasteiger partial charge >= 0.3 is 0 Å². The van der Waals surface area contributed by atoms with Gasteiger partial charge in [0.1, 0.15) is 0 Å². The fourth-order valence-electron chi connectivity index (χ4n) is 2.50. The van der Waals surface area contributed by atoms with Crippen molar-refractivity contribution in [2.24, 2.45) is 0 Å². The van der Waals surface area contributed by atoms with Crippen molar-refractivity contribution < 1.29 is 13.2 Å². The zero-order chi connectivity index (χ0) is 16.2. The second-order valence-corrected chi connectivity index (χ2v) is 7.49. The molecule has 22 heavy (non-hydrogen) atoms. The number of hydrogen-bond donors (Lipinski definition) is 1. The highest BCUT2D eigenvalue weighted by molar-refractivity contribution is 7.89. The second kappa shape index (κ2) is 7.07. The number of rotatable bonds is 4. The van der Waals surface area contributed by atoms with Gasteiger partial charge in [-0.1, -0.05) is 23.8 Å². The van der Waals surface area contributed by atoms with Gasteiger partial charge in [-0.2, -0.15) is 0 Å². The maximum Gasteiger partial charge on any atom is 0.246 e. The van der Waals surface area contributed by atoms with Crippen LogP contribution in [0.1, 0.15) is 26.7 Å². The Morgan fingerprint density at radius 2 is 1.95 bits per heavy atom. The number of allylic oxidation sites excluding steroid dienone is 1. The van der Waals surface area contributed by atoms with Gasteiger partial charge in [0.25, 0.3) is 0 Å². The van der Waals surface area contributed by atoms with Crippen molar-refractivity contribution in [2.75, 3.05) is 13.1 Å². The van der Waals surface area contributed by atoms with Crippen LogP contribution in [-0.4, -0.2) is 38.4 Å². The van der Waals surface area contributed by atoms with Gasteiger partial charge in [0.15, 0.2) is 0 Å². The molecular formula is C16H22N2O3S. The normalized spacial score (nSPS) is 18.8. The summed E-state index contributed by atoms with van der Waals surface area (Å²) < 4.78 is 27.4. The number of carbonyl (C=O) groups excluding carboxylic acids is 1. The molecule has 2 rings (SSSR count). The van der Waals surface area contributed by atoms with Crippen molar-refractivity contribution in [1.82, 2.24) is 9.62 Å². The minimum absolute atomic E-state index is 0.0522. The maximum atomic E-state index is 12.3. The first-order valence-corrected chi connectivity index (χ1v) is 8.88. The molecule has 1 amide bonds. The fraction of sp³-hybridized carbons (Fsp3) is 0.438. The van der Waals surface area contributed by atoms with Gasteiger partial charge in [-0.25, -0.2) is 13.1 Å². The van der Waals surface area contributed by atoms with E-state index in [0.717, 1.165) is 18.4 Å². The van der Waals surface area contributed by atoms with E-state index in [9.17, 15) is 13.2 Å². The number of amides is 1. The Kier molecular flexibility index (Phi) is 5.37. The quantitative estimate of drug-likeness (QED) is 0.861. The highest BCUT2D eigenvalue weighted by atomic mass is 32.2. The lowest BCUT2D eigenvalue weighted by Crippen LogP contribution is -2.49. The summed E-state index contributed by atoms with van der Waals surface area (Å²) in [6, 6.07) is 8.06. The van der Waals surface area contributed by atoms with Crippen LogP contribution in [0.4, 0.5) is 0 Å². The van der Waals surface area contributed by atoms with Crippen LogP contribution in [0.25, 0.3) is 0 Å². The van der Waals surface area contributed by atoms with Crippen LogP contribution in [0.3, 0.4) is 0 Å². The molecule has 5 nitrogen and oxygen atoms in total. The van der Waals surface area contributed by atoms with Crippen LogP contribution < -0.4 is 4.72 Å². The molecule has 1 atom stereocenters. The third-order valence-electron chi connectivity index (χ3n) is 3.52. The Hall–Kier alpha value is -1.66. The van der Waals surface area contributed by atoms with Crippen molar-refractivity contribution in [3.8, 4) is 0 Å². The number of nitrogens with one attached hydrogen (secondary N) is 1. The predicted octanol–water partition coefficient (Wildman–Crippen LogP) is 1.92. The lowest BCUT2D eigenvalue weighted by atomic mass is 10.1. The number of hydrogen-bond acceptors (Lipinski definition) is 3. The molecule has 1 heterocycles. The van der Waals surface area contributed by atoms with Crippen molar-refractivity contribution in [3.05, 3.63) is 42.0 Å². The van der Waals surface area contributed by atoms with Gasteiger partial charge in [-0.3, -0.25) is 4.79 Å². The number of benzene rings is 1. The summed E-state index contributed by atoms with van der Waals surface area (Å²) in [5.74, 6) is -0.0522. The lowest BCUT2D eigenvalue weighted by molar-refractivity contribution is -0.127. The monoisotopic (exact) mass is 322 g/mol. The Morgan fingerprint density at radius 1 is 1.27 bits per heavy atom. The van der Waals surface area contributed by atoms with Crippen LogP contribution in [0.2, 0.25) is 0 Å². The maximum absolute atomic E-state index is 12.3. The number of nitrogens with zero attached hydrogens (tertiary/aromatic N) is 1. The van der Waals surface area contributed by atoms with E-state index < -0.39 is 10.0 Å². The Morgan fingerprint density at radius 3 is 2.59 bits per heavy atom. The average Bonchev–Trinajstić information content (AvgIpc) is 2.47. The van der Waals surface area contributed by atoms with Crippen molar-refractivity contribution in [1.29, 1.82) is 0 Å². The lowest BCUT2D eigenvalue weighted by Gasteiger charge is -2.32. The average molecular weight is 322 g/mol.